The lowest BCUT2D eigenvalue weighted by molar-refractivity contribution is 0.102. The summed E-state index contributed by atoms with van der Waals surface area (Å²) in [6.07, 6.45) is 0. The maximum atomic E-state index is 12.6. The van der Waals surface area contributed by atoms with Crippen LogP contribution in [0.5, 0.6) is 0 Å². The maximum absolute atomic E-state index is 12.6. The molecule has 0 saturated carbocycles. The Morgan fingerprint density at radius 3 is 2.77 bits per heavy atom. The van der Waals surface area contributed by atoms with Crippen molar-refractivity contribution in [2.45, 2.75) is 13.8 Å². The monoisotopic (exact) mass is 314 g/mol. The van der Waals surface area contributed by atoms with Gasteiger partial charge in [-0.15, -0.1) is 0 Å². The van der Waals surface area contributed by atoms with Gasteiger partial charge in [-0.1, -0.05) is 17.7 Å². The number of carbonyl (C=O) groups excluding carboxylic acids is 1. The minimum atomic E-state index is -0.200. The Bertz CT molecular complexity index is 885. The molecule has 2 heterocycles. The SMILES string of the molecule is Cc1cc(C(=O)Nc2cccc(Cl)c2)c2c(C)nn(C)c2n1. The lowest BCUT2D eigenvalue weighted by Crippen LogP contribution is -2.13. The van der Waals surface area contributed by atoms with E-state index in [1.807, 2.05) is 20.9 Å². The van der Waals surface area contributed by atoms with Crippen LogP contribution in [0.2, 0.25) is 5.02 Å². The number of aryl methyl sites for hydroxylation is 3. The van der Waals surface area contributed by atoms with E-state index in [0.717, 1.165) is 16.8 Å². The van der Waals surface area contributed by atoms with E-state index in [-0.39, 0.29) is 5.91 Å². The zero-order chi connectivity index (χ0) is 15.9. The van der Waals surface area contributed by atoms with Crippen LogP contribution in [-0.4, -0.2) is 20.7 Å². The summed E-state index contributed by atoms with van der Waals surface area (Å²) in [4.78, 5) is 17.1. The molecule has 0 radical (unpaired) electrons. The van der Waals surface area contributed by atoms with E-state index in [1.54, 1.807) is 35.0 Å². The first-order chi connectivity index (χ1) is 10.5. The number of aromatic nitrogens is 3. The number of anilines is 1. The fourth-order valence-corrected chi connectivity index (χ4v) is 2.70. The predicted octanol–water partition coefficient (Wildman–Crippen LogP) is 3.49. The van der Waals surface area contributed by atoms with Gasteiger partial charge in [0.05, 0.1) is 16.6 Å². The number of rotatable bonds is 2. The Hall–Kier alpha value is -2.40. The van der Waals surface area contributed by atoms with Gasteiger partial charge in [0.1, 0.15) is 0 Å². The van der Waals surface area contributed by atoms with Crippen LogP contribution in [0, 0.1) is 13.8 Å². The Labute approximate surface area is 132 Å². The molecule has 0 spiro atoms. The Morgan fingerprint density at radius 2 is 2.05 bits per heavy atom. The van der Waals surface area contributed by atoms with Crippen molar-refractivity contribution >= 4 is 34.2 Å². The van der Waals surface area contributed by atoms with Gasteiger partial charge in [0.2, 0.25) is 0 Å². The van der Waals surface area contributed by atoms with Gasteiger partial charge in [-0.05, 0) is 38.1 Å². The fraction of sp³-hybridized carbons (Fsp3) is 0.188. The molecule has 112 valence electrons. The largest absolute Gasteiger partial charge is 0.322 e. The molecule has 0 aliphatic carbocycles. The van der Waals surface area contributed by atoms with E-state index in [9.17, 15) is 4.79 Å². The highest BCUT2D eigenvalue weighted by molar-refractivity contribution is 6.31. The third-order valence-electron chi connectivity index (χ3n) is 3.42. The molecule has 1 amide bonds. The number of hydrogen-bond acceptors (Lipinski definition) is 3. The van der Waals surface area contributed by atoms with Gasteiger partial charge in [0.25, 0.3) is 5.91 Å². The van der Waals surface area contributed by atoms with Crippen molar-refractivity contribution in [3.63, 3.8) is 0 Å². The van der Waals surface area contributed by atoms with Crippen molar-refractivity contribution in [2.24, 2.45) is 7.05 Å². The standard InChI is InChI=1S/C16H15ClN4O/c1-9-7-13(14-10(2)20-21(3)15(14)18-9)16(22)19-12-6-4-5-11(17)8-12/h4-8H,1-3H3,(H,19,22). The molecule has 0 aliphatic rings. The molecular weight excluding hydrogens is 300 g/mol. The number of nitrogens with zero attached hydrogens (tertiary/aromatic N) is 3. The van der Waals surface area contributed by atoms with Crippen molar-refractivity contribution in [3.05, 3.63) is 52.3 Å². The highest BCUT2D eigenvalue weighted by Crippen LogP contribution is 2.23. The van der Waals surface area contributed by atoms with Crippen LogP contribution in [0.15, 0.2) is 30.3 Å². The second-order valence-corrected chi connectivity index (χ2v) is 5.62. The second kappa shape index (κ2) is 5.42. The molecule has 6 heteroatoms. The lowest BCUT2D eigenvalue weighted by atomic mass is 10.1. The Morgan fingerprint density at radius 1 is 1.27 bits per heavy atom. The number of nitrogens with one attached hydrogen (secondary N) is 1. The first kappa shape index (κ1) is 14.5. The zero-order valence-corrected chi connectivity index (χ0v) is 13.3. The van der Waals surface area contributed by atoms with Crippen molar-refractivity contribution in [3.8, 4) is 0 Å². The molecule has 0 saturated heterocycles. The van der Waals surface area contributed by atoms with E-state index >= 15 is 0 Å². The van der Waals surface area contributed by atoms with Gasteiger partial charge in [0.15, 0.2) is 5.65 Å². The van der Waals surface area contributed by atoms with Crippen LogP contribution in [0.1, 0.15) is 21.7 Å². The fourth-order valence-electron chi connectivity index (χ4n) is 2.51. The number of hydrogen-bond donors (Lipinski definition) is 1. The maximum Gasteiger partial charge on any atom is 0.256 e. The van der Waals surface area contributed by atoms with Crippen LogP contribution in [0.25, 0.3) is 11.0 Å². The third-order valence-corrected chi connectivity index (χ3v) is 3.66. The molecule has 0 fully saturated rings. The van der Waals surface area contributed by atoms with Crippen LogP contribution in [0.4, 0.5) is 5.69 Å². The minimum absolute atomic E-state index is 0.200. The van der Waals surface area contributed by atoms with Gasteiger partial charge in [0, 0.05) is 23.5 Å². The number of benzene rings is 1. The molecule has 3 aromatic rings. The summed E-state index contributed by atoms with van der Waals surface area (Å²) < 4.78 is 1.69. The molecule has 22 heavy (non-hydrogen) atoms. The first-order valence-corrected chi connectivity index (χ1v) is 7.21. The van der Waals surface area contributed by atoms with Crippen molar-refractivity contribution < 1.29 is 4.79 Å². The summed E-state index contributed by atoms with van der Waals surface area (Å²) in [5.74, 6) is -0.200. The summed E-state index contributed by atoms with van der Waals surface area (Å²) in [6, 6.07) is 8.83. The van der Waals surface area contributed by atoms with Crippen molar-refractivity contribution in [1.29, 1.82) is 0 Å². The van der Waals surface area contributed by atoms with E-state index in [2.05, 4.69) is 15.4 Å². The molecule has 2 aromatic heterocycles. The van der Waals surface area contributed by atoms with E-state index in [4.69, 9.17) is 11.6 Å². The smallest absolute Gasteiger partial charge is 0.256 e. The van der Waals surface area contributed by atoms with E-state index in [0.29, 0.717) is 21.9 Å². The third kappa shape index (κ3) is 2.55. The number of pyridine rings is 1. The van der Waals surface area contributed by atoms with Crippen molar-refractivity contribution in [2.75, 3.05) is 5.32 Å². The molecule has 0 bridgehead atoms. The van der Waals surface area contributed by atoms with Crippen molar-refractivity contribution in [1.82, 2.24) is 14.8 Å². The normalized spacial score (nSPS) is 10.9. The number of halogens is 1. The number of carbonyl (C=O) groups is 1. The van der Waals surface area contributed by atoms with Gasteiger partial charge >= 0.3 is 0 Å². The average molecular weight is 315 g/mol. The minimum Gasteiger partial charge on any atom is -0.322 e. The molecule has 3 rings (SSSR count). The predicted molar refractivity (Wildman–Crippen MR) is 87.4 cm³/mol. The first-order valence-electron chi connectivity index (χ1n) is 6.83. The topological polar surface area (TPSA) is 59.8 Å². The summed E-state index contributed by atoms with van der Waals surface area (Å²) in [7, 11) is 1.82. The quantitative estimate of drug-likeness (QED) is 0.787. The summed E-state index contributed by atoms with van der Waals surface area (Å²) in [5.41, 5.74) is 3.47. The molecular formula is C16H15ClN4O. The second-order valence-electron chi connectivity index (χ2n) is 5.18. The van der Waals surface area contributed by atoms with Gasteiger partial charge < -0.3 is 5.32 Å². The summed E-state index contributed by atoms with van der Waals surface area (Å²) in [5, 5.41) is 8.56. The molecule has 0 aliphatic heterocycles. The zero-order valence-electron chi connectivity index (χ0n) is 12.5. The van der Waals surface area contributed by atoms with Crippen LogP contribution in [0.3, 0.4) is 0 Å². The summed E-state index contributed by atoms with van der Waals surface area (Å²) >= 11 is 5.95. The molecule has 0 atom stereocenters. The molecule has 5 nitrogen and oxygen atoms in total. The van der Waals surface area contributed by atoms with E-state index in [1.165, 1.54) is 0 Å². The highest BCUT2D eigenvalue weighted by atomic mass is 35.5. The molecule has 0 unspecified atom stereocenters. The highest BCUT2D eigenvalue weighted by Gasteiger charge is 2.17. The Balaban J connectivity index is 2.07. The van der Waals surface area contributed by atoms with Gasteiger partial charge in [-0.25, -0.2) is 4.98 Å². The van der Waals surface area contributed by atoms with Gasteiger partial charge in [-0.3, -0.25) is 9.48 Å². The van der Waals surface area contributed by atoms with Crippen LogP contribution >= 0.6 is 11.6 Å². The summed E-state index contributed by atoms with van der Waals surface area (Å²) in [6.45, 7) is 3.73. The van der Waals surface area contributed by atoms with Crippen LogP contribution < -0.4 is 5.32 Å². The average Bonchev–Trinajstić information content (AvgIpc) is 2.73. The van der Waals surface area contributed by atoms with E-state index < -0.39 is 0 Å². The van der Waals surface area contributed by atoms with Crippen LogP contribution in [-0.2, 0) is 7.05 Å². The number of fused-ring (bicyclic) bond motifs is 1. The van der Waals surface area contributed by atoms with Gasteiger partial charge in [-0.2, -0.15) is 5.10 Å². The molecule has 1 aromatic carbocycles. The molecule has 1 N–H and O–H groups in total. The number of amides is 1. The lowest BCUT2D eigenvalue weighted by Gasteiger charge is -2.08. The Kier molecular flexibility index (Phi) is 3.58.